The largest absolute Gasteiger partial charge is 0.339 e. The molecule has 0 N–H and O–H groups in total. The summed E-state index contributed by atoms with van der Waals surface area (Å²) >= 11 is 0. The van der Waals surface area contributed by atoms with Crippen LogP contribution < -0.4 is 0 Å². The van der Waals surface area contributed by atoms with Crippen molar-refractivity contribution < 1.29 is 9.59 Å². The van der Waals surface area contributed by atoms with Crippen LogP contribution in [0.3, 0.4) is 0 Å². The lowest BCUT2D eigenvalue weighted by atomic mass is 9.49. The first-order valence-electron chi connectivity index (χ1n) is 11.6. The van der Waals surface area contributed by atoms with E-state index in [2.05, 4.69) is 11.0 Å². The van der Waals surface area contributed by atoms with Crippen LogP contribution in [0.15, 0.2) is 24.3 Å². The molecule has 0 aromatic heterocycles. The van der Waals surface area contributed by atoms with Crippen LogP contribution >= 0.6 is 0 Å². The molecule has 5 nitrogen and oxygen atoms in total. The number of hydrogen-bond donors (Lipinski definition) is 0. The summed E-state index contributed by atoms with van der Waals surface area (Å²) in [6, 6.07) is 9.57. The van der Waals surface area contributed by atoms with Crippen molar-refractivity contribution in [3.05, 3.63) is 35.4 Å². The maximum absolute atomic E-state index is 13.5. The van der Waals surface area contributed by atoms with Crippen molar-refractivity contribution in [3.8, 4) is 6.07 Å². The highest BCUT2D eigenvalue weighted by Gasteiger charge is 2.55. The van der Waals surface area contributed by atoms with E-state index >= 15 is 0 Å². The van der Waals surface area contributed by atoms with Gasteiger partial charge in [-0.3, -0.25) is 9.59 Å². The van der Waals surface area contributed by atoms with E-state index in [9.17, 15) is 9.59 Å². The maximum atomic E-state index is 13.5. The van der Waals surface area contributed by atoms with Crippen molar-refractivity contribution in [2.24, 2.45) is 23.2 Å². The lowest BCUT2D eigenvalue weighted by molar-refractivity contribution is -0.160. The number of amides is 2. The Morgan fingerprint density at radius 3 is 1.97 bits per heavy atom. The van der Waals surface area contributed by atoms with Crippen LogP contribution in [-0.2, 0) is 16.0 Å². The zero-order chi connectivity index (χ0) is 20.7. The SMILES string of the molecule is N#Cc1ccc(CCC(=O)N2CCN(C(=O)C34CC5CC(CC(C5)C3)C4)CC2)cc1. The van der Waals surface area contributed by atoms with Crippen LogP contribution in [0.4, 0.5) is 0 Å². The molecular formula is C25H31N3O2. The van der Waals surface area contributed by atoms with Crippen molar-refractivity contribution >= 4 is 11.8 Å². The average molecular weight is 406 g/mol. The topological polar surface area (TPSA) is 64.4 Å². The van der Waals surface area contributed by atoms with Crippen LogP contribution in [0, 0.1) is 34.5 Å². The van der Waals surface area contributed by atoms with E-state index in [-0.39, 0.29) is 11.3 Å². The number of carbonyl (C=O) groups excluding carboxylic acids is 2. The van der Waals surface area contributed by atoms with Gasteiger partial charge in [0.2, 0.25) is 11.8 Å². The Balaban J connectivity index is 1.13. The third kappa shape index (κ3) is 3.62. The minimum atomic E-state index is -0.0729. The van der Waals surface area contributed by atoms with E-state index in [0.717, 1.165) is 42.6 Å². The Kier molecular flexibility index (Phi) is 5.05. The fourth-order valence-corrected chi connectivity index (χ4v) is 7.02. The van der Waals surface area contributed by atoms with E-state index in [1.807, 2.05) is 17.0 Å². The quantitative estimate of drug-likeness (QED) is 0.771. The predicted molar refractivity (Wildman–Crippen MR) is 113 cm³/mol. The first-order valence-corrected chi connectivity index (χ1v) is 11.6. The van der Waals surface area contributed by atoms with Crippen molar-refractivity contribution in [1.29, 1.82) is 5.26 Å². The van der Waals surface area contributed by atoms with Gasteiger partial charge in [0.1, 0.15) is 0 Å². The molecule has 1 aromatic carbocycles. The molecule has 1 aromatic rings. The molecule has 5 heteroatoms. The monoisotopic (exact) mass is 405 g/mol. The number of nitriles is 1. The molecule has 5 fully saturated rings. The molecule has 6 rings (SSSR count). The van der Waals surface area contributed by atoms with Crippen molar-refractivity contribution in [3.63, 3.8) is 0 Å². The van der Waals surface area contributed by atoms with E-state index in [4.69, 9.17) is 5.26 Å². The Hall–Kier alpha value is -2.35. The summed E-state index contributed by atoms with van der Waals surface area (Å²) < 4.78 is 0. The molecule has 0 spiro atoms. The lowest BCUT2D eigenvalue weighted by Crippen LogP contribution is -2.58. The number of nitrogens with zero attached hydrogens (tertiary/aromatic N) is 3. The molecule has 0 radical (unpaired) electrons. The summed E-state index contributed by atoms with van der Waals surface area (Å²) in [6.45, 7) is 2.68. The lowest BCUT2D eigenvalue weighted by Gasteiger charge is -2.57. The fourth-order valence-electron chi connectivity index (χ4n) is 7.02. The van der Waals surface area contributed by atoms with Gasteiger partial charge in [0.25, 0.3) is 0 Å². The number of rotatable bonds is 4. The number of aryl methyl sites for hydroxylation is 1. The summed E-state index contributed by atoms with van der Waals surface area (Å²) in [4.78, 5) is 30.1. The summed E-state index contributed by atoms with van der Waals surface area (Å²) in [5.74, 6) is 2.91. The van der Waals surface area contributed by atoms with Crippen LogP contribution in [0.5, 0.6) is 0 Å². The summed E-state index contributed by atoms with van der Waals surface area (Å²) in [5, 5.41) is 8.88. The zero-order valence-corrected chi connectivity index (χ0v) is 17.7. The Labute approximate surface area is 179 Å². The number of carbonyl (C=O) groups is 2. The van der Waals surface area contributed by atoms with Gasteiger partial charge in [-0.15, -0.1) is 0 Å². The van der Waals surface area contributed by atoms with Gasteiger partial charge < -0.3 is 9.80 Å². The first-order chi connectivity index (χ1) is 14.5. The number of benzene rings is 1. The molecule has 0 atom stereocenters. The van der Waals surface area contributed by atoms with E-state index in [0.29, 0.717) is 50.5 Å². The molecule has 30 heavy (non-hydrogen) atoms. The predicted octanol–water partition coefficient (Wildman–Crippen LogP) is 3.38. The maximum Gasteiger partial charge on any atom is 0.228 e. The second-order valence-corrected chi connectivity index (χ2v) is 10.2. The number of piperazine rings is 1. The zero-order valence-electron chi connectivity index (χ0n) is 17.7. The summed E-state index contributed by atoms with van der Waals surface area (Å²) in [7, 11) is 0. The summed E-state index contributed by atoms with van der Waals surface area (Å²) in [6.07, 6.45) is 8.58. The van der Waals surface area contributed by atoms with Gasteiger partial charge in [-0.1, -0.05) is 12.1 Å². The highest BCUT2D eigenvalue weighted by atomic mass is 16.2. The molecule has 1 saturated heterocycles. The van der Waals surface area contributed by atoms with Crippen molar-refractivity contribution in [2.75, 3.05) is 26.2 Å². The fraction of sp³-hybridized carbons (Fsp3) is 0.640. The van der Waals surface area contributed by atoms with Gasteiger partial charge in [-0.2, -0.15) is 5.26 Å². The van der Waals surface area contributed by atoms with Gasteiger partial charge in [0.15, 0.2) is 0 Å². The van der Waals surface area contributed by atoms with Gasteiger partial charge in [0.05, 0.1) is 17.0 Å². The molecule has 2 amide bonds. The van der Waals surface area contributed by atoms with Gasteiger partial charge >= 0.3 is 0 Å². The van der Waals surface area contributed by atoms with Crippen LogP contribution in [0.2, 0.25) is 0 Å². The van der Waals surface area contributed by atoms with E-state index < -0.39 is 0 Å². The van der Waals surface area contributed by atoms with Gasteiger partial charge in [-0.25, -0.2) is 0 Å². The molecule has 4 bridgehead atoms. The summed E-state index contributed by atoms with van der Waals surface area (Å²) in [5.41, 5.74) is 1.65. The molecule has 1 aliphatic heterocycles. The first kappa shape index (κ1) is 19.6. The normalized spacial score (nSPS) is 32.2. The van der Waals surface area contributed by atoms with Crippen LogP contribution in [0.25, 0.3) is 0 Å². The van der Waals surface area contributed by atoms with Gasteiger partial charge in [-0.05, 0) is 80.4 Å². The minimum absolute atomic E-state index is 0.0729. The van der Waals surface area contributed by atoms with E-state index in [1.54, 1.807) is 12.1 Å². The highest BCUT2D eigenvalue weighted by molar-refractivity contribution is 5.84. The minimum Gasteiger partial charge on any atom is -0.339 e. The molecule has 0 unspecified atom stereocenters. The third-order valence-electron chi connectivity index (χ3n) is 8.12. The Morgan fingerprint density at radius 2 is 1.43 bits per heavy atom. The van der Waals surface area contributed by atoms with Crippen molar-refractivity contribution in [2.45, 2.75) is 51.4 Å². The Morgan fingerprint density at radius 1 is 0.900 bits per heavy atom. The number of hydrogen-bond acceptors (Lipinski definition) is 3. The Bertz CT molecular complexity index is 826. The molecule has 158 valence electrons. The third-order valence-corrected chi connectivity index (χ3v) is 8.12. The molecule has 4 aliphatic carbocycles. The van der Waals surface area contributed by atoms with Gasteiger partial charge in [0, 0.05) is 32.6 Å². The average Bonchev–Trinajstić information content (AvgIpc) is 2.76. The molecule has 5 aliphatic rings. The van der Waals surface area contributed by atoms with Crippen LogP contribution in [-0.4, -0.2) is 47.8 Å². The smallest absolute Gasteiger partial charge is 0.228 e. The second-order valence-electron chi connectivity index (χ2n) is 10.2. The second kappa shape index (κ2) is 7.72. The highest BCUT2D eigenvalue weighted by Crippen LogP contribution is 2.60. The van der Waals surface area contributed by atoms with Crippen molar-refractivity contribution in [1.82, 2.24) is 9.80 Å². The molecular weight excluding hydrogens is 374 g/mol. The molecule has 1 heterocycles. The molecule has 4 saturated carbocycles. The van der Waals surface area contributed by atoms with E-state index in [1.165, 1.54) is 19.3 Å². The standard InChI is InChI=1S/C25H31N3O2/c26-17-19-3-1-18(2-4-19)5-6-23(29)27-7-9-28(10-8-27)24(30)25-14-20-11-21(15-25)13-22(12-20)16-25/h1-4,20-22H,5-16H2. The van der Waals surface area contributed by atoms with Crippen LogP contribution in [0.1, 0.15) is 56.1 Å².